The van der Waals surface area contributed by atoms with Crippen molar-refractivity contribution in [2.45, 2.75) is 51.1 Å². The zero-order valence-electron chi connectivity index (χ0n) is 12.7. The quantitative estimate of drug-likeness (QED) is 0.752. The minimum atomic E-state index is -3.40. The molecule has 0 bridgehead atoms. The Kier molecular flexibility index (Phi) is 4.27. The summed E-state index contributed by atoms with van der Waals surface area (Å²) in [5.41, 5.74) is 1.07. The zero-order valence-corrected chi connectivity index (χ0v) is 13.5. The average molecular weight is 299 g/mol. The third-order valence-electron chi connectivity index (χ3n) is 3.94. The highest BCUT2D eigenvalue weighted by Crippen LogP contribution is 2.45. The van der Waals surface area contributed by atoms with E-state index < -0.39 is 10.0 Å². The minimum absolute atomic E-state index is 0.0642. The predicted molar refractivity (Wildman–Crippen MR) is 79.9 cm³/mol. The van der Waals surface area contributed by atoms with Crippen LogP contribution in [0.1, 0.15) is 39.3 Å². The summed E-state index contributed by atoms with van der Waals surface area (Å²) < 4.78 is 29.3. The van der Waals surface area contributed by atoms with E-state index in [4.69, 9.17) is 0 Å². The van der Waals surface area contributed by atoms with Crippen LogP contribution in [0.4, 0.5) is 0 Å². The van der Waals surface area contributed by atoms with Crippen molar-refractivity contribution in [3.05, 3.63) is 18.0 Å². The first-order chi connectivity index (χ1) is 9.26. The topological polar surface area (TPSA) is 63.1 Å². The van der Waals surface area contributed by atoms with Crippen LogP contribution < -0.4 is 10.0 Å². The molecular weight excluding hydrogens is 274 g/mol. The summed E-state index contributed by atoms with van der Waals surface area (Å²) in [6, 6.07) is 1.81. The number of hydrogen-bond donors (Lipinski definition) is 2. The van der Waals surface area contributed by atoms with Crippen molar-refractivity contribution in [1.82, 2.24) is 14.6 Å². The molecule has 0 aromatic carbocycles. The summed E-state index contributed by atoms with van der Waals surface area (Å²) in [4.78, 5) is 0.357. The lowest BCUT2D eigenvalue weighted by molar-refractivity contribution is 0.555. The van der Waals surface area contributed by atoms with Gasteiger partial charge in [-0.15, -0.1) is 0 Å². The molecule has 1 heterocycles. The third-order valence-corrected chi connectivity index (χ3v) is 5.38. The van der Waals surface area contributed by atoms with Gasteiger partial charge in [0, 0.05) is 31.5 Å². The fraction of sp³-hybridized carbons (Fsp3) is 0.714. The average Bonchev–Trinajstić information content (AvgIpc) is 2.75. The number of rotatable bonds is 7. The van der Waals surface area contributed by atoms with Crippen LogP contribution in [0.5, 0.6) is 0 Å². The maximum Gasteiger partial charge on any atom is 0.242 e. The molecular formula is C14H25N3O2S. The molecule has 1 aliphatic carbocycles. The Labute approximate surface area is 121 Å². The molecule has 114 valence electrons. The van der Waals surface area contributed by atoms with Crippen molar-refractivity contribution in [3.8, 4) is 0 Å². The first kappa shape index (κ1) is 15.5. The molecule has 2 N–H and O–H groups in total. The molecule has 1 saturated carbocycles. The second-order valence-electron chi connectivity index (χ2n) is 6.32. The number of aryl methyl sites for hydroxylation is 1. The molecule has 0 radical (unpaired) electrons. The van der Waals surface area contributed by atoms with E-state index in [0.29, 0.717) is 11.4 Å². The van der Waals surface area contributed by atoms with E-state index in [9.17, 15) is 8.42 Å². The fourth-order valence-corrected chi connectivity index (χ4v) is 3.72. The van der Waals surface area contributed by atoms with Crippen LogP contribution in [0.3, 0.4) is 0 Å². The monoisotopic (exact) mass is 299 g/mol. The SMILES string of the molecule is CCCNCc1cc(S(=O)(=O)NC2CC2(C)C)cn1C. The molecule has 1 aliphatic rings. The van der Waals surface area contributed by atoms with Gasteiger partial charge in [0.25, 0.3) is 0 Å². The fourth-order valence-electron chi connectivity index (χ4n) is 2.22. The second-order valence-corrected chi connectivity index (χ2v) is 8.04. The van der Waals surface area contributed by atoms with E-state index in [1.54, 1.807) is 12.3 Å². The highest BCUT2D eigenvalue weighted by Gasteiger charge is 2.47. The van der Waals surface area contributed by atoms with Gasteiger partial charge in [0.05, 0.1) is 4.90 Å². The van der Waals surface area contributed by atoms with Gasteiger partial charge in [-0.05, 0) is 30.9 Å². The largest absolute Gasteiger partial charge is 0.352 e. The lowest BCUT2D eigenvalue weighted by atomic mass is 10.2. The molecule has 1 aromatic rings. The number of nitrogens with one attached hydrogen (secondary N) is 2. The first-order valence-electron chi connectivity index (χ1n) is 7.14. The first-order valence-corrected chi connectivity index (χ1v) is 8.63. The van der Waals surface area contributed by atoms with Gasteiger partial charge in [-0.3, -0.25) is 0 Å². The Morgan fingerprint density at radius 2 is 2.10 bits per heavy atom. The predicted octanol–water partition coefficient (Wildman–Crippen LogP) is 1.60. The van der Waals surface area contributed by atoms with E-state index >= 15 is 0 Å². The minimum Gasteiger partial charge on any atom is -0.352 e. The molecule has 6 heteroatoms. The second kappa shape index (κ2) is 5.50. The molecule has 0 aliphatic heterocycles. The van der Waals surface area contributed by atoms with Crippen LogP contribution in [0, 0.1) is 5.41 Å². The number of nitrogens with zero attached hydrogens (tertiary/aromatic N) is 1. The Balaban J connectivity index is 2.06. The van der Waals surface area contributed by atoms with E-state index in [-0.39, 0.29) is 11.5 Å². The smallest absolute Gasteiger partial charge is 0.242 e. The molecule has 5 nitrogen and oxygen atoms in total. The van der Waals surface area contributed by atoms with E-state index in [0.717, 1.165) is 25.1 Å². The van der Waals surface area contributed by atoms with E-state index in [1.807, 2.05) is 11.6 Å². The lowest BCUT2D eigenvalue weighted by Gasteiger charge is -2.06. The van der Waals surface area contributed by atoms with Crippen molar-refractivity contribution >= 4 is 10.0 Å². The van der Waals surface area contributed by atoms with Gasteiger partial charge in [0.2, 0.25) is 10.0 Å². The van der Waals surface area contributed by atoms with Gasteiger partial charge in [-0.25, -0.2) is 13.1 Å². The molecule has 0 spiro atoms. The molecule has 20 heavy (non-hydrogen) atoms. The Bertz CT molecular complexity index is 575. The summed E-state index contributed by atoms with van der Waals surface area (Å²) in [6.07, 6.45) is 3.65. The molecule has 1 fully saturated rings. The van der Waals surface area contributed by atoms with E-state index in [1.165, 1.54) is 0 Å². The molecule has 0 amide bonds. The third kappa shape index (κ3) is 3.42. The van der Waals surface area contributed by atoms with Crippen LogP contribution in [0.25, 0.3) is 0 Å². The van der Waals surface area contributed by atoms with E-state index in [2.05, 4.69) is 30.8 Å². The Morgan fingerprint density at radius 3 is 2.65 bits per heavy atom. The van der Waals surface area contributed by atoms with Gasteiger partial charge in [0.1, 0.15) is 0 Å². The molecule has 2 rings (SSSR count). The Morgan fingerprint density at radius 1 is 1.45 bits per heavy atom. The van der Waals surface area contributed by atoms with Crippen LogP contribution in [-0.4, -0.2) is 25.6 Å². The van der Waals surface area contributed by atoms with Crippen molar-refractivity contribution in [3.63, 3.8) is 0 Å². The van der Waals surface area contributed by atoms with Crippen LogP contribution in [0.2, 0.25) is 0 Å². The Hall–Kier alpha value is -0.850. The van der Waals surface area contributed by atoms with Crippen LogP contribution in [-0.2, 0) is 23.6 Å². The maximum atomic E-state index is 12.3. The van der Waals surface area contributed by atoms with Gasteiger partial charge in [-0.2, -0.15) is 0 Å². The molecule has 1 atom stereocenters. The van der Waals surface area contributed by atoms with Crippen LogP contribution in [0.15, 0.2) is 17.2 Å². The number of hydrogen-bond acceptors (Lipinski definition) is 3. The summed E-state index contributed by atoms with van der Waals surface area (Å²) in [6.45, 7) is 7.88. The summed E-state index contributed by atoms with van der Waals surface area (Å²) in [5, 5.41) is 3.29. The highest BCUT2D eigenvalue weighted by atomic mass is 32.2. The van der Waals surface area contributed by atoms with Crippen molar-refractivity contribution in [2.75, 3.05) is 6.54 Å². The van der Waals surface area contributed by atoms with Crippen molar-refractivity contribution in [1.29, 1.82) is 0 Å². The maximum absolute atomic E-state index is 12.3. The summed E-state index contributed by atoms with van der Waals surface area (Å²) >= 11 is 0. The van der Waals surface area contributed by atoms with Crippen molar-refractivity contribution < 1.29 is 8.42 Å². The number of aromatic nitrogens is 1. The molecule has 1 unspecified atom stereocenters. The van der Waals surface area contributed by atoms with Gasteiger partial charge < -0.3 is 9.88 Å². The van der Waals surface area contributed by atoms with Gasteiger partial charge >= 0.3 is 0 Å². The number of sulfonamides is 1. The van der Waals surface area contributed by atoms with Gasteiger partial charge in [0.15, 0.2) is 0 Å². The summed E-state index contributed by atoms with van der Waals surface area (Å²) in [7, 11) is -1.52. The standard InChI is InChI=1S/C14H25N3O2S/c1-5-6-15-9-11-7-12(10-17(11)4)20(18,19)16-13-8-14(13,2)3/h7,10,13,15-16H,5-6,8-9H2,1-4H3. The molecule has 0 saturated heterocycles. The van der Waals surface area contributed by atoms with Gasteiger partial charge in [-0.1, -0.05) is 20.8 Å². The zero-order chi connectivity index (χ0) is 15.0. The molecule has 1 aromatic heterocycles. The van der Waals surface area contributed by atoms with Crippen molar-refractivity contribution in [2.24, 2.45) is 12.5 Å². The summed E-state index contributed by atoms with van der Waals surface area (Å²) in [5.74, 6) is 0. The normalized spacial score (nSPS) is 21.1. The van der Waals surface area contributed by atoms with Crippen LogP contribution >= 0.6 is 0 Å². The highest BCUT2D eigenvalue weighted by molar-refractivity contribution is 7.89. The lowest BCUT2D eigenvalue weighted by Crippen LogP contribution is -2.28.